The Hall–Kier alpha value is -0.260. The Kier molecular flexibility index (Phi) is 2.32. The number of hydrogen-bond donors (Lipinski definition) is 0. The van der Waals surface area contributed by atoms with Crippen molar-refractivity contribution < 1.29 is 0 Å². The summed E-state index contributed by atoms with van der Waals surface area (Å²) in [5.41, 5.74) is 1.60. The maximum absolute atomic E-state index is 2.38. The van der Waals surface area contributed by atoms with Gasteiger partial charge in [0.25, 0.3) is 0 Å². The summed E-state index contributed by atoms with van der Waals surface area (Å²) in [6.07, 6.45) is 7.85. The number of rotatable bonds is 1. The summed E-state index contributed by atoms with van der Waals surface area (Å²) in [6.45, 7) is 4.55. The zero-order valence-electron chi connectivity index (χ0n) is 6.48. The first-order valence-corrected chi connectivity index (χ1v) is 3.98. The van der Waals surface area contributed by atoms with Crippen molar-refractivity contribution in [3.05, 3.63) is 11.6 Å². The van der Waals surface area contributed by atoms with Crippen molar-refractivity contribution in [2.45, 2.75) is 39.5 Å². The third-order valence-electron chi connectivity index (χ3n) is 2.26. The van der Waals surface area contributed by atoms with Gasteiger partial charge in [0.05, 0.1) is 0 Å². The molecule has 1 unspecified atom stereocenters. The number of hydrogen-bond acceptors (Lipinski definition) is 0. The van der Waals surface area contributed by atoms with Crippen LogP contribution in [0.15, 0.2) is 11.6 Å². The molecule has 52 valence electrons. The summed E-state index contributed by atoms with van der Waals surface area (Å²) in [5, 5.41) is 0. The second-order valence-corrected chi connectivity index (χ2v) is 3.11. The highest BCUT2D eigenvalue weighted by molar-refractivity contribution is 5.02. The van der Waals surface area contributed by atoms with E-state index < -0.39 is 0 Å². The lowest BCUT2D eigenvalue weighted by Crippen LogP contribution is -2.03. The predicted octanol–water partition coefficient (Wildman–Crippen LogP) is 3.14. The van der Waals surface area contributed by atoms with Crippen LogP contribution in [0.3, 0.4) is 0 Å². The van der Waals surface area contributed by atoms with E-state index >= 15 is 0 Å². The molecule has 0 saturated carbocycles. The molecular formula is C9H16. The molecule has 0 aromatic carbocycles. The lowest BCUT2D eigenvalue weighted by Gasteiger charge is -2.18. The van der Waals surface area contributed by atoms with E-state index in [0.717, 1.165) is 5.92 Å². The second-order valence-electron chi connectivity index (χ2n) is 3.11. The first kappa shape index (κ1) is 6.85. The van der Waals surface area contributed by atoms with E-state index in [1.807, 2.05) is 0 Å². The third kappa shape index (κ3) is 1.85. The maximum atomic E-state index is 2.38. The molecule has 0 N–H and O–H groups in total. The molecule has 0 aromatic rings. The average molecular weight is 124 g/mol. The molecular weight excluding hydrogens is 108 g/mol. The van der Waals surface area contributed by atoms with Crippen molar-refractivity contribution in [1.82, 2.24) is 0 Å². The fraction of sp³-hybridized carbons (Fsp3) is 0.778. The average Bonchev–Trinajstić information content (AvgIpc) is 1.88. The lowest BCUT2D eigenvalue weighted by atomic mass is 9.88. The van der Waals surface area contributed by atoms with Gasteiger partial charge < -0.3 is 0 Å². The smallest absolute Gasteiger partial charge is 0.0295 e. The van der Waals surface area contributed by atoms with E-state index in [1.165, 1.54) is 25.7 Å². The summed E-state index contributed by atoms with van der Waals surface area (Å²) in [5.74, 6) is 0.995. The van der Waals surface area contributed by atoms with Crippen LogP contribution < -0.4 is 0 Å². The summed E-state index contributed by atoms with van der Waals surface area (Å²) in [7, 11) is 0. The van der Waals surface area contributed by atoms with Crippen molar-refractivity contribution >= 4 is 0 Å². The minimum Gasteiger partial charge on any atom is -0.0856 e. The third-order valence-corrected chi connectivity index (χ3v) is 2.26. The van der Waals surface area contributed by atoms with Crippen molar-refractivity contribution in [3.63, 3.8) is 0 Å². The zero-order valence-corrected chi connectivity index (χ0v) is 6.48. The number of allylic oxidation sites excluding steroid dienone is 2. The minimum absolute atomic E-state index is 0.995. The monoisotopic (exact) mass is 124 g/mol. The molecule has 0 fully saturated rings. The van der Waals surface area contributed by atoms with Crippen LogP contribution in [0.4, 0.5) is 0 Å². The molecule has 0 heterocycles. The van der Waals surface area contributed by atoms with Crippen LogP contribution in [0.25, 0.3) is 0 Å². The molecule has 0 nitrogen and oxygen atoms in total. The quantitative estimate of drug-likeness (QED) is 0.471. The molecule has 0 spiro atoms. The summed E-state index contributed by atoms with van der Waals surface area (Å²) < 4.78 is 0. The van der Waals surface area contributed by atoms with Gasteiger partial charge in [0.2, 0.25) is 0 Å². The normalized spacial score (nSPS) is 27.8. The largest absolute Gasteiger partial charge is 0.0856 e. The molecule has 0 aromatic heterocycles. The second kappa shape index (κ2) is 3.05. The summed E-state index contributed by atoms with van der Waals surface area (Å²) in [4.78, 5) is 0. The standard InChI is InChI=1S/C9H16/c1-3-9-6-4-5-8(2)7-9/h5,9H,3-4,6-7H2,1-2H3. The van der Waals surface area contributed by atoms with Gasteiger partial charge in [-0.1, -0.05) is 25.0 Å². The molecule has 0 amide bonds. The van der Waals surface area contributed by atoms with Crippen LogP contribution in [0, 0.1) is 5.92 Å². The summed E-state index contributed by atoms with van der Waals surface area (Å²) in [6, 6.07) is 0. The zero-order chi connectivity index (χ0) is 6.69. The molecule has 0 heteroatoms. The molecule has 0 bridgehead atoms. The van der Waals surface area contributed by atoms with E-state index in [1.54, 1.807) is 5.57 Å². The van der Waals surface area contributed by atoms with Crippen molar-refractivity contribution in [1.29, 1.82) is 0 Å². The highest BCUT2D eigenvalue weighted by atomic mass is 14.1. The van der Waals surface area contributed by atoms with Crippen molar-refractivity contribution in [3.8, 4) is 0 Å². The predicted molar refractivity (Wildman–Crippen MR) is 41.4 cm³/mol. The van der Waals surface area contributed by atoms with Gasteiger partial charge >= 0.3 is 0 Å². The van der Waals surface area contributed by atoms with Crippen LogP contribution in [-0.4, -0.2) is 0 Å². The Morgan fingerprint density at radius 2 is 2.44 bits per heavy atom. The van der Waals surface area contributed by atoms with Gasteiger partial charge in [0.1, 0.15) is 0 Å². The molecule has 1 aliphatic rings. The Morgan fingerprint density at radius 3 is 2.89 bits per heavy atom. The SMILES string of the molecule is CCC1CCC=C(C)C1. The van der Waals surface area contributed by atoms with Crippen LogP contribution in [-0.2, 0) is 0 Å². The van der Waals surface area contributed by atoms with Gasteiger partial charge in [0, 0.05) is 0 Å². The maximum Gasteiger partial charge on any atom is -0.0295 e. The van der Waals surface area contributed by atoms with Gasteiger partial charge in [-0.05, 0) is 32.1 Å². The first-order chi connectivity index (χ1) is 4.33. The molecule has 0 aliphatic heterocycles. The Balaban J connectivity index is 2.39. The van der Waals surface area contributed by atoms with Crippen LogP contribution in [0.1, 0.15) is 39.5 Å². The highest BCUT2D eigenvalue weighted by Gasteiger charge is 2.09. The Bertz CT molecular complexity index is 111. The Labute approximate surface area is 58.0 Å². The molecule has 9 heavy (non-hydrogen) atoms. The van der Waals surface area contributed by atoms with E-state index in [2.05, 4.69) is 19.9 Å². The van der Waals surface area contributed by atoms with E-state index in [-0.39, 0.29) is 0 Å². The Morgan fingerprint density at radius 1 is 1.67 bits per heavy atom. The topological polar surface area (TPSA) is 0 Å². The fourth-order valence-electron chi connectivity index (χ4n) is 1.55. The summed E-state index contributed by atoms with van der Waals surface area (Å²) >= 11 is 0. The van der Waals surface area contributed by atoms with E-state index in [4.69, 9.17) is 0 Å². The first-order valence-electron chi connectivity index (χ1n) is 3.98. The minimum atomic E-state index is 0.995. The van der Waals surface area contributed by atoms with Crippen molar-refractivity contribution in [2.75, 3.05) is 0 Å². The van der Waals surface area contributed by atoms with Gasteiger partial charge in [-0.2, -0.15) is 0 Å². The highest BCUT2D eigenvalue weighted by Crippen LogP contribution is 2.25. The molecule has 1 atom stereocenters. The lowest BCUT2D eigenvalue weighted by molar-refractivity contribution is 0.452. The van der Waals surface area contributed by atoms with Crippen molar-refractivity contribution in [2.24, 2.45) is 5.92 Å². The molecule has 1 aliphatic carbocycles. The molecule has 0 radical (unpaired) electrons. The van der Waals surface area contributed by atoms with E-state index in [0.29, 0.717) is 0 Å². The van der Waals surface area contributed by atoms with Gasteiger partial charge in [0.15, 0.2) is 0 Å². The van der Waals surface area contributed by atoms with Crippen LogP contribution >= 0.6 is 0 Å². The van der Waals surface area contributed by atoms with Gasteiger partial charge in [-0.25, -0.2) is 0 Å². The fourth-order valence-corrected chi connectivity index (χ4v) is 1.55. The van der Waals surface area contributed by atoms with Crippen LogP contribution in [0.5, 0.6) is 0 Å². The molecule has 1 rings (SSSR count). The van der Waals surface area contributed by atoms with Gasteiger partial charge in [-0.3, -0.25) is 0 Å². The van der Waals surface area contributed by atoms with E-state index in [9.17, 15) is 0 Å². The van der Waals surface area contributed by atoms with Crippen LogP contribution in [0.2, 0.25) is 0 Å². The van der Waals surface area contributed by atoms with Gasteiger partial charge in [-0.15, -0.1) is 0 Å². The molecule has 0 saturated heterocycles.